The van der Waals surface area contributed by atoms with Crippen LogP contribution in [0, 0.1) is 11.6 Å². The minimum Gasteiger partial charge on any atom is -0.501 e. The molecule has 2 rings (SSSR count). The quantitative estimate of drug-likeness (QED) is 0.828. The number of ether oxygens (including phenoxy) is 1. The summed E-state index contributed by atoms with van der Waals surface area (Å²) in [5, 5.41) is 9.45. The topological polar surface area (TPSA) is 92.3 Å². The van der Waals surface area contributed by atoms with Crippen LogP contribution in [-0.2, 0) is 11.2 Å². The minimum absolute atomic E-state index is 0.00390. The highest BCUT2D eigenvalue weighted by molar-refractivity contribution is 5.89. The number of aromatic nitrogens is 2. The maximum Gasteiger partial charge on any atom is 0.360 e. The van der Waals surface area contributed by atoms with Gasteiger partial charge < -0.3 is 14.8 Å². The Labute approximate surface area is 117 Å². The molecule has 1 aromatic carbocycles. The van der Waals surface area contributed by atoms with Crippen molar-refractivity contribution >= 4 is 5.97 Å². The highest BCUT2D eigenvalue weighted by Gasteiger charge is 2.18. The van der Waals surface area contributed by atoms with Crippen molar-refractivity contribution in [3.05, 3.63) is 57.3 Å². The molecule has 1 aromatic heterocycles. The Morgan fingerprint density at radius 3 is 2.71 bits per heavy atom. The van der Waals surface area contributed by atoms with Gasteiger partial charge in [0.2, 0.25) is 5.75 Å². The number of nitrogens with zero attached hydrogens (tertiary/aromatic N) is 1. The van der Waals surface area contributed by atoms with Crippen LogP contribution in [0.15, 0.2) is 23.0 Å². The smallest absolute Gasteiger partial charge is 0.360 e. The molecular formula is C13H10F2N2O4. The summed E-state index contributed by atoms with van der Waals surface area (Å²) in [6, 6.07) is 3.19. The van der Waals surface area contributed by atoms with Crippen molar-refractivity contribution in [3.63, 3.8) is 0 Å². The molecule has 21 heavy (non-hydrogen) atoms. The Morgan fingerprint density at radius 1 is 1.38 bits per heavy atom. The molecule has 0 fully saturated rings. The van der Waals surface area contributed by atoms with E-state index in [1.807, 2.05) is 0 Å². The van der Waals surface area contributed by atoms with E-state index < -0.39 is 34.6 Å². The lowest BCUT2D eigenvalue weighted by molar-refractivity contribution is 0.0589. The van der Waals surface area contributed by atoms with Gasteiger partial charge in [0, 0.05) is 6.42 Å². The van der Waals surface area contributed by atoms with Gasteiger partial charge in [0.05, 0.1) is 7.11 Å². The lowest BCUT2D eigenvalue weighted by Crippen LogP contribution is -2.18. The van der Waals surface area contributed by atoms with Gasteiger partial charge in [-0.2, -0.15) is 0 Å². The van der Waals surface area contributed by atoms with Gasteiger partial charge >= 0.3 is 5.97 Å². The summed E-state index contributed by atoms with van der Waals surface area (Å²) in [6.45, 7) is 0. The van der Waals surface area contributed by atoms with Crippen LogP contribution in [0.5, 0.6) is 5.75 Å². The van der Waals surface area contributed by atoms with E-state index in [4.69, 9.17) is 0 Å². The van der Waals surface area contributed by atoms with Crippen molar-refractivity contribution in [3.8, 4) is 5.75 Å². The number of rotatable bonds is 3. The van der Waals surface area contributed by atoms with Crippen molar-refractivity contribution in [2.75, 3.05) is 7.11 Å². The van der Waals surface area contributed by atoms with Crippen LogP contribution in [0.4, 0.5) is 8.78 Å². The highest BCUT2D eigenvalue weighted by Crippen LogP contribution is 2.13. The lowest BCUT2D eigenvalue weighted by atomic mass is 10.1. The molecule has 0 aliphatic rings. The molecule has 0 bridgehead atoms. The molecule has 0 aliphatic heterocycles. The number of esters is 1. The monoisotopic (exact) mass is 296 g/mol. The number of methoxy groups -OCH3 is 1. The summed E-state index contributed by atoms with van der Waals surface area (Å²) in [4.78, 5) is 28.9. The first-order chi connectivity index (χ1) is 9.92. The molecule has 2 aromatic rings. The van der Waals surface area contributed by atoms with Crippen molar-refractivity contribution in [1.82, 2.24) is 9.97 Å². The highest BCUT2D eigenvalue weighted by atomic mass is 19.2. The van der Waals surface area contributed by atoms with E-state index in [9.17, 15) is 23.5 Å². The first kappa shape index (κ1) is 14.6. The number of benzene rings is 1. The van der Waals surface area contributed by atoms with Gasteiger partial charge in [0.15, 0.2) is 17.3 Å². The number of halogens is 2. The molecule has 0 saturated heterocycles. The van der Waals surface area contributed by atoms with E-state index in [2.05, 4.69) is 14.7 Å². The molecule has 0 atom stereocenters. The third-order valence-corrected chi connectivity index (χ3v) is 2.68. The lowest BCUT2D eigenvalue weighted by Gasteiger charge is -2.05. The number of aromatic hydroxyl groups is 1. The number of hydrogen-bond acceptors (Lipinski definition) is 5. The number of carbonyl (C=O) groups excluding carboxylic acids is 1. The van der Waals surface area contributed by atoms with Gasteiger partial charge in [0.1, 0.15) is 5.82 Å². The third-order valence-electron chi connectivity index (χ3n) is 2.68. The Kier molecular flexibility index (Phi) is 3.97. The molecule has 0 radical (unpaired) electrons. The molecular weight excluding hydrogens is 286 g/mol. The summed E-state index contributed by atoms with van der Waals surface area (Å²) < 4.78 is 30.3. The van der Waals surface area contributed by atoms with Crippen LogP contribution in [0.3, 0.4) is 0 Å². The van der Waals surface area contributed by atoms with E-state index in [0.29, 0.717) is 5.56 Å². The molecule has 0 amide bonds. The van der Waals surface area contributed by atoms with Gasteiger partial charge in [-0.1, -0.05) is 6.07 Å². The maximum absolute atomic E-state index is 13.1. The minimum atomic E-state index is -1.04. The zero-order valence-corrected chi connectivity index (χ0v) is 10.8. The van der Waals surface area contributed by atoms with Crippen LogP contribution >= 0.6 is 0 Å². The number of aromatic amines is 1. The number of nitrogens with one attached hydrogen (secondary N) is 1. The standard InChI is InChI=1S/C13H10F2N2O4/c1-21-13(20)10-11(18)12(19)17-9(16-10)5-6-2-3-7(14)8(15)4-6/h2-4,18H,5H2,1H3,(H,16,17,19). The Morgan fingerprint density at radius 2 is 2.10 bits per heavy atom. The van der Waals surface area contributed by atoms with Crippen LogP contribution in [-0.4, -0.2) is 28.2 Å². The molecule has 6 nitrogen and oxygen atoms in total. The van der Waals surface area contributed by atoms with Gasteiger partial charge in [-0.25, -0.2) is 18.6 Å². The Hall–Kier alpha value is -2.77. The molecule has 0 aliphatic carbocycles. The molecule has 2 N–H and O–H groups in total. The largest absolute Gasteiger partial charge is 0.501 e. The zero-order valence-electron chi connectivity index (χ0n) is 10.8. The van der Waals surface area contributed by atoms with Gasteiger partial charge in [0.25, 0.3) is 5.56 Å². The second kappa shape index (κ2) is 5.70. The molecule has 1 heterocycles. The first-order valence-corrected chi connectivity index (χ1v) is 5.76. The van der Waals surface area contributed by atoms with Crippen LogP contribution in [0.25, 0.3) is 0 Å². The van der Waals surface area contributed by atoms with Crippen molar-refractivity contribution < 1.29 is 23.4 Å². The maximum atomic E-state index is 13.1. The predicted octanol–water partition coefficient (Wildman–Crippen LogP) is 1.13. The molecule has 0 unspecified atom stereocenters. The van der Waals surface area contributed by atoms with Crippen molar-refractivity contribution in [2.45, 2.75) is 6.42 Å². The molecule has 8 heteroatoms. The number of carbonyl (C=O) groups is 1. The SMILES string of the molecule is COC(=O)c1nc(Cc2ccc(F)c(F)c2)[nH]c(=O)c1O. The normalized spacial score (nSPS) is 10.4. The molecule has 0 saturated carbocycles. The fourth-order valence-electron chi connectivity index (χ4n) is 1.68. The van der Waals surface area contributed by atoms with E-state index in [1.165, 1.54) is 6.07 Å². The van der Waals surface area contributed by atoms with E-state index >= 15 is 0 Å². The second-order valence-electron chi connectivity index (χ2n) is 4.13. The fourth-order valence-corrected chi connectivity index (χ4v) is 1.68. The Bertz CT molecular complexity index is 758. The van der Waals surface area contributed by atoms with Crippen LogP contribution in [0.2, 0.25) is 0 Å². The Balaban J connectivity index is 2.40. The van der Waals surface area contributed by atoms with Gasteiger partial charge in [-0.15, -0.1) is 0 Å². The van der Waals surface area contributed by atoms with Crippen LogP contribution < -0.4 is 5.56 Å². The average molecular weight is 296 g/mol. The van der Waals surface area contributed by atoms with Crippen molar-refractivity contribution in [1.29, 1.82) is 0 Å². The summed E-state index contributed by atoms with van der Waals surface area (Å²) in [5.74, 6) is -3.88. The average Bonchev–Trinajstić information content (AvgIpc) is 2.45. The second-order valence-corrected chi connectivity index (χ2v) is 4.13. The third kappa shape index (κ3) is 3.04. The number of H-pyrrole nitrogens is 1. The number of hydrogen-bond donors (Lipinski definition) is 2. The van der Waals surface area contributed by atoms with Gasteiger partial charge in [-0.3, -0.25) is 4.79 Å². The summed E-state index contributed by atoms with van der Waals surface area (Å²) in [5.41, 5.74) is -1.14. The fraction of sp³-hybridized carbons (Fsp3) is 0.154. The zero-order chi connectivity index (χ0) is 15.6. The van der Waals surface area contributed by atoms with E-state index in [0.717, 1.165) is 19.2 Å². The summed E-state index contributed by atoms with van der Waals surface area (Å²) in [6.07, 6.45) is -0.0588. The first-order valence-electron chi connectivity index (χ1n) is 5.76. The predicted molar refractivity (Wildman–Crippen MR) is 67.0 cm³/mol. The van der Waals surface area contributed by atoms with Crippen molar-refractivity contribution in [2.24, 2.45) is 0 Å². The van der Waals surface area contributed by atoms with Gasteiger partial charge in [-0.05, 0) is 17.7 Å². The summed E-state index contributed by atoms with van der Waals surface area (Å²) >= 11 is 0. The van der Waals surface area contributed by atoms with Crippen LogP contribution in [0.1, 0.15) is 21.9 Å². The summed E-state index contributed by atoms with van der Waals surface area (Å²) in [7, 11) is 1.07. The molecule has 0 spiro atoms. The van der Waals surface area contributed by atoms with E-state index in [1.54, 1.807) is 0 Å². The van der Waals surface area contributed by atoms with E-state index in [-0.39, 0.29) is 12.2 Å². The molecule has 110 valence electrons.